The number of hydrogen-bond acceptors (Lipinski definition) is 2. The van der Waals surface area contributed by atoms with Crippen LogP contribution in [-0.2, 0) is 4.74 Å². The lowest BCUT2D eigenvalue weighted by Crippen LogP contribution is -2.21. The quantitative estimate of drug-likeness (QED) is 0.650. The minimum absolute atomic E-state index is 0.234. The van der Waals surface area contributed by atoms with Crippen molar-refractivity contribution in [1.29, 1.82) is 0 Å². The number of hydrogen-bond donors (Lipinski definition) is 1. The van der Waals surface area contributed by atoms with Gasteiger partial charge in [0.1, 0.15) is 6.61 Å². The number of ether oxygens (including phenoxy) is 1. The van der Waals surface area contributed by atoms with Crippen LogP contribution in [0.3, 0.4) is 0 Å². The highest BCUT2D eigenvalue weighted by Crippen LogP contribution is 2.30. The molecule has 1 saturated carbocycles. The van der Waals surface area contributed by atoms with E-state index in [4.69, 9.17) is 0 Å². The van der Waals surface area contributed by atoms with Gasteiger partial charge in [0.15, 0.2) is 0 Å². The topological polar surface area (TPSA) is 29.5 Å². The molecular weight excluding hydrogens is 190 g/mol. The monoisotopic (exact) mass is 208 g/mol. The van der Waals surface area contributed by atoms with Crippen LogP contribution in [0.5, 0.6) is 0 Å². The van der Waals surface area contributed by atoms with E-state index in [2.05, 4.69) is 4.74 Å². The number of rotatable bonds is 7. The molecule has 14 heavy (non-hydrogen) atoms. The summed E-state index contributed by atoms with van der Waals surface area (Å²) in [6.45, 7) is -0.283. The van der Waals surface area contributed by atoms with Crippen molar-refractivity contribution in [2.45, 2.75) is 44.6 Å². The molecule has 1 aliphatic carbocycles. The molecule has 0 aromatic rings. The molecule has 0 bridgehead atoms. The Morgan fingerprint density at radius 3 is 2.57 bits per heavy atom. The van der Waals surface area contributed by atoms with E-state index in [0.29, 0.717) is 12.3 Å². The molecule has 0 spiro atoms. The molecule has 1 aliphatic rings. The van der Waals surface area contributed by atoms with E-state index < -0.39 is 13.0 Å². The maximum Gasteiger partial charge on any atom is 0.261 e. The molecule has 4 heteroatoms. The van der Waals surface area contributed by atoms with Crippen molar-refractivity contribution >= 4 is 0 Å². The van der Waals surface area contributed by atoms with Crippen LogP contribution >= 0.6 is 0 Å². The lowest BCUT2D eigenvalue weighted by Gasteiger charge is -2.27. The lowest BCUT2D eigenvalue weighted by atomic mass is 9.81. The maximum absolute atomic E-state index is 11.6. The average molecular weight is 208 g/mol. The van der Waals surface area contributed by atoms with E-state index in [1.807, 2.05) is 0 Å². The molecule has 1 N–H and O–H groups in total. The third-order valence-electron chi connectivity index (χ3n) is 2.67. The average Bonchev–Trinajstić information content (AvgIpc) is 2.05. The Kier molecular flexibility index (Phi) is 5.33. The Labute approximate surface area is 83.3 Å². The van der Waals surface area contributed by atoms with Gasteiger partial charge in [0.05, 0.1) is 6.10 Å². The number of aliphatic hydroxyl groups excluding tert-OH is 1. The zero-order valence-corrected chi connectivity index (χ0v) is 8.29. The highest BCUT2D eigenvalue weighted by Gasteiger charge is 2.20. The van der Waals surface area contributed by atoms with E-state index in [1.54, 1.807) is 0 Å². The van der Waals surface area contributed by atoms with E-state index >= 15 is 0 Å². The Morgan fingerprint density at radius 2 is 2.07 bits per heavy atom. The van der Waals surface area contributed by atoms with Crippen molar-refractivity contribution in [1.82, 2.24) is 0 Å². The van der Waals surface area contributed by atoms with E-state index in [0.717, 1.165) is 6.42 Å². The summed E-state index contributed by atoms with van der Waals surface area (Å²) in [5.41, 5.74) is 0. The van der Waals surface area contributed by atoms with Crippen molar-refractivity contribution in [3.05, 3.63) is 0 Å². The Hall–Kier alpha value is -0.220. The third kappa shape index (κ3) is 4.86. The molecule has 0 heterocycles. The molecule has 0 aliphatic heterocycles. The highest BCUT2D eigenvalue weighted by atomic mass is 19.3. The second-order valence-electron chi connectivity index (χ2n) is 3.94. The standard InChI is InChI=1S/C10H18F2O2/c11-10(12)7-14-5-4-9(13)6-8-2-1-3-8/h8-10,13H,1-7H2. The van der Waals surface area contributed by atoms with Crippen molar-refractivity contribution < 1.29 is 18.6 Å². The Balaban J connectivity index is 1.89. The number of halogens is 2. The van der Waals surface area contributed by atoms with Gasteiger partial charge in [0.2, 0.25) is 0 Å². The summed E-state index contributed by atoms with van der Waals surface area (Å²) in [4.78, 5) is 0. The van der Waals surface area contributed by atoms with Crippen LogP contribution in [0.4, 0.5) is 8.78 Å². The van der Waals surface area contributed by atoms with Gasteiger partial charge >= 0.3 is 0 Å². The fraction of sp³-hybridized carbons (Fsp3) is 1.00. The molecule has 1 fully saturated rings. The lowest BCUT2D eigenvalue weighted by molar-refractivity contribution is 0.000862. The summed E-state index contributed by atoms with van der Waals surface area (Å²) in [7, 11) is 0. The summed E-state index contributed by atoms with van der Waals surface area (Å²) in [6.07, 6.45) is 2.17. The van der Waals surface area contributed by atoms with Gasteiger partial charge in [-0.1, -0.05) is 19.3 Å². The van der Waals surface area contributed by atoms with Crippen LogP contribution in [0, 0.1) is 5.92 Å². The normalized spacial score (nSPS) is 19.7. The molecule has 84 valence electrons. The van der Waals surface area contributed by atoms with Crippen LogP contribution in [0.1, 0.15) is 32.1 Å². The number of aliphatic hydroxyl groups is 1. The molecule has 0 amide bonds. The summed E-state index contributed by atoms with van der Waals surface area (Å²) in [5.74, 6) is 0.653. The first-order chi connectivity index (χ1) is 6.68. The minimum Gasteiger partial charge on any atom is -0.393 e. The smallest absolute Gasteiger partial charge is 0.261 e. The first kappa shape index (κ1) is 11.9. The fourth-order valence-electron chi connectivity index (χ4n) is 1.62. The minimum atomic E-state index is -2.40. The molecule has 2 nitrogen and oxygen atoms in total. The van der Waals surface area contributed by atoms with Crippen LogP contribution in [0.2, 0.25) is 0 Å². The number of alkyl halides is 2. The van der Waals surface area contributed by atoms with Crippen molar-refractivity contribution in [2.75, 3.05) is 13.2 Å². The summed E-state index contributed by atoms with van der Waals surface area (Å²) in [5, 5.41) is 9.48. The Morgan fingerprint density at radius 1 is 1.36 bits per heavy atom. The second-order valence-corrected chi connectivity index (χ2v) is 3.94. The zero-order chi connectivity index (χ0) is 10.4. The SMILES string of the molecule is OC(CCOCC(F)F)CC1CCC1. The third-order valence-corrected chi connectivity index (χ3v) is 2.67. The maximum atomic E-state index is 11.6. The van der Waals surface area contributed by atoms with Crippen LogP contribution in [0.15, 0.2) is 0 Å². The molecule has 1 rings (SSSR count). The Bertz CT molecular complexity index is 149. The van der Waals surface area contributed by atoms with E-state index in [1.165, 1.54) is 19.3 Å². The van der Waals surface area contributed by atoms with Gasteiger partial charge in [0.25, 0.3) is 6.43 Å². The van der Waals surface area contributed by atoms with Crippen LogP contribution in [-0.4, -0.2) is 30.8 Å². The van der Waals surface area contributed by atoms with Gasteiger partial charge < -0.3 is 9.84 Å². The van der Waals surface area contributed by atoms with Gasteiger partial charge in [-0.2, -0.15) is 0 Å². The molecule has 0 radical (unpaired) electrons. The molecule has 1 unspecified atom stereocenters. The molecule has 0 saturated heterocycles. The van der Waals surface area contributed by atoms with Gasteiger partial charge in [-0.3, -0.25) is 0 Å². The van der Waals surface area contributed by atoms with Gasteiger partial charge in [-0.15, -0.1) is 0 Å². The molecule has 0 aromatic carbocycles. The zero-order valence-electron chi connectivity index (χ0n) is 8.29. The summed E-state index contributed by atoms with van der Waals surface area (Å²) >= 11 is 0. The largest absolute Gasteiger partial charge is 0.393 e. The molecule has 0 aromatic heterocycles. The van der Waals surface area contributed by atoms with Crippen LogP contribution < -0.4 is 0 Å². The highest BCUT2D eigenvalue weighted by molar-refractivity contribution is 4.72. The predicted octanol–water partition coefficient (Wildman–Crippen LogP) is 2.21. The second kappa shape index (κ2) is 6.30. The summed E-state index contributed by atoms with van der Waals surface area (Å²) < 4.78 is 28.0. The first-order valence-electron chi connectivity index (χ1n) is 5.22. The van der Waals surface area contributed by atoms with Gasteiger partial charge in [-0.25, -0.2) is 8.78 Å². The van der Waals surface area contributed by atoms with Gasteiger partial charge in [-0.05, 0) is 18.8 Å². The van der Waals surface area contributed by atoms with Crippen LogP contribution in [0.25, 0.3) is 0 Å². The van der Waals surface area contributed by atoms with E-state index in [-0.39, 0.29) is 12.7 Å². The molecule has 1 atom stereocenters. The first-order valence-corrected chi connectivity index (χ1v) is 5.22. The summed E-state index contributed by atoms with van der Waals surface area (Å²) in [6, 6.07) is 0. The van der Waals surface area contributed by atoms with Crippen molar-refractivity contribution in [3.8, 4) is 0 Å². The van der Waals surface area contributed by atoms with Crippen molar-refractivity contribution in [2.24, 2.45) is 5.92 Å². The predicted molar refractivity (Wildman–Crippen MR) is 49.4 cm³/mol. The fourth-order valence-corrected chi connectivity index (χ4v) is 1.62. The molecular formula is C10H18F2O2. The van der Waals surface area contributed by atoms with E-state index in [9.17, 15) is 13.9 Å². The van der Waals surface area contributed by atoms with Gasteiger partial charge in [0, 0.05) is 6.61 Å². The van der Waals surface area contributed by atoms with Crippen molar-refractivity contribution in [3.63, 3.8) is 0 Å².